The standard InChI is InChI=1S/C18H15N/c1-2-6-13(7-3-1)14-10-11-18-16(12-14)15-8-4-5-9-17(15)19-18/h1-4,6-8,10-12,19H,5,9H2. The minimum atomic E-state index is 1.13. The average Bonchev–Trinajstić information content (AvgIpc) is 2.86. The highest BCUT2D eigenvalue weighted by atomic mass is 14.7. The lowest BCUT2D eigenvalue weighted by atomic mass is 9.99. The van der Waals surface area contributed by atoms with Gasteiger partial charge in [-0.05, 0) is 36.1 Å². The smallest absolute Gasteiger partial charge is 0.0462 e. The van der Waals surface area contributed by atoms with Crippen molar-refractivity contribution < 1.29 is 0 Å². The molecule has 1 heterocycles. The van der Waals surface area contributed by atoms with E-state index >= 15 is 0 Å². The number of aromatic amines is 1. The van der Waals surface area contributed by atoms with Gasteiger partial charge in [-0.1, -0.05) is 48.6 Å². The van der Waals surface area contributed by atoms with Gasteiger partial charge in [-0.3, -0.25) is 0 Å². The molecule has 0 unspecified atom stereocenters. The quantitative estimate of drug-likeness (QED) is 0.634. The van der Waals surface area contributed by atoms with Gasteiger partial charge in [0, 0.05) is 22.2 Å². The molecule has 3 aromatic rings. The third-order valence-corrected chi connectivity index (χ3v) is 3.87. The first-order valence-electron chi connectivity index (χ1n) is 6.78. The molecule has 1 aromatic heterocycles. The summed E-state index contributed by atoms with van der Waals surface area (Å²) >= 11 is 0. The Hall–Kier alpha value is -2.28. The van der Waals surface area contributed by atoms with E-state index in [9.17, 15) is 0 Å². The molecule has 0 saturated carbocycles. The fraction of sp³-hybridized carbons (Fsp3) is 0.111. The Kier molecular flexibility index (Phi) is 2.31. The molecular weight excluding hydrogens is 230 g/mol. The average molecular weight is 245 g/mol. The number of benzene rings is 2. The van der Waals surface area contributed by atoms with E-state index < -0.39 is 0 Å². The van der Waals surface area contributed by atoms with Crippen molar-refractivity contribution in [3.05, 3.63) is 65.9 Å². The number of aromatic nitrogens is 1. The van der Waals surface area contributed by atoms with Crippen molar-refractivity contribution in [1.82, 2.24) is 4.98 Å². The zero-order valence-corrected chi connectivity index (χ0v) is 10.7. The normalized spacial score (nSPS) is 13.7. The molecular formula is C18H15N. The van der Waals surface area contributed by atoms with Crippen LogP contribution >= 0.6 is 0 Å². The number of rotatable bonds is 1. The molecule has 4 rings (SSSR count). The van der Waals surface area contributed by atoms with Crippen LogP contribution in [0, 0.1) is 0 Å². The van der Waals surface area contributed by atoms with Crippen molar-refractivity contribution in [3.63, 3.8) is 0 Å². The topological polar surface area (TPSA) is 15.8 Å². The number of hydrogen-bond donors (Lipinski definition) is 1. The molecule has 0 atom stereocenters. The number of H-pyrrole nitrogens is 1. The number of nitrogens with one attached hydrogen (secondary N) is 1. The summed E-state index contributed by atoms with van der Waals surface area (Å²) in [6.45, 7) is 0. The highest BCUT2D eigenvalue weighted by Crippen LogP contribution is 2.31. The second kappa shape index (κ2) is 4.13. The van der Waals surface area contributed by atoms with E-state index in [0.29, 0.717) is 0 Å². The molecule has 1 aliphatic carbocycles. The highest BCUT2D eigenvalue weighted by molar-refractivity contribution is 5.94. The van der Waals surface area contributed by atoms with Crippen LogP contribution in [0.25, 0.3) is 28.1 Å². The van der Waals surface area contributed by atoms with Crippen molar-refractivity contribution in [2.24, 2.45) is 0 Å². The van der Waals surface area contributed by atoms with Crippen molar-refractivity contribution in [2.45, 2.75) is 12.8 Å². The molecule has 0 spiro atoms. The third-order valence-electron chi connectivity index (χ3n) is 3.87. The maximum Gasteiger partial charge on any atom is 0.0462 e. The van der Waals surface area contributed by atoms with Gasteiger partial charge in [-0.25, -0.2) is 0 Å². The molecule has 0 saturated heterocycles. The van der Waals surface area contributed by atoms with Crippen LogP contribution in [0.1, 0.15) is 17.7 Å². The van der Waals surface area contributed by atoms with Gasteiger partial charge in [0.15, 0.2) is 0 Å². The van der Waals surface area contributed by atoms with Gasteiger partial charge < -0.3 is 4.98 Å². The van der Waals surface area contributed by atoms with Crippen LogP contribution in [0.4, 0.5) is 0 Å². The minimum absolute atomic E-state index is 1.13. The van der Waals surface area contributed by atoms with Crippen molar-refractivity contribution >= 4 is 17.0 Å². The Morgan fingerprint density at radius 3 is 2.68 bits per heavy atom. The molecule has 1 heteroatoms. The Bertz CT molecular complexity index is 763. The van der Waals surface area contributed by atoms with E-state index in [0.717, 1.165) is 12.8 Å². The van der Waals surface area contributed by atoms with Crippen LogP contribution in [0.5, 0.6) is 0 Å². The van der Waals surface area contributed by atoms with E-state index in [-0.39, 0.29) is 0 Å². The zero-order chi connectivity index (χ0) is 12.7. The lowest BCUT2D eigenvalue weighted by Crippen LogP contribution is -1.90. The van der Waals surface area contributed by atoms with Crippen LogP contribution in [0.15, 0.2) is 54.6 Å². The summed E-state index contributed by atoms with van der Waals surface area (Å²) in [4.78, 5) is 3.54. The number of aryl methyl sites for hydroxylation is 1. The summed E-state index contributed by atoms with van der Waals surface area (Å²) in [5.74, 6) is 0. The zero-order valence-electron chi connectivity index (χ0n) is 10.7. The lowest BCUT2D eigenvalue weighted by molar-refractivity contribution is 0.951. The van der Waals surface area contributed by atoms with Crippen LogP contribution in [0.3, 0.4) is 0 Å². The Morgan fingerprint density at radius 1 is 0.895 bits per heavy atom. The van der Waals surface area contributed by atoms with Crippen LogP contribution in [0.2, 0.25) is 0 Å². The van der Waals surface area contributed by atoms with E-state index in [4.69, 9.17) is 0 Å². The predicted molar refractivity (Wildman–Crippen MR) is 81.1 cm³/mol. The van der Waals surface area contributed by atoms with Gasteiger partial charge in [0.1, 0.15) is 0 Å². The summed E-state index contributed by atoms with van der Waals surface area (Å²) in [6.07, 6.45) is 6.80. The number of fused-ring (bicyclic) bond motifs is 3. The first-order valence-corrected chi connectivity index (χ1v) is 6.78. The fourth-order valence-corrected chi connectivity index (χ4v) is 2.90. The summed E-state index contributed by atoms with van der Waals surface area (Å²) in [6, 6.07) is 17.3. The molecule has 1 aliphatic rings. The summed E-state index contributed by atoms with van der Waals surface area (Å²) in [5, 5.41) is 1.34. The van der Waals surface area contributed by atoms with Gasteiger partial charge >= 0.3 is 0 Å². The Labute approximate surface area is 112 Å². The first-order chi connectivity index (χ1) is 9.42. The van der Waals surface area contributed by atoms with Gasteiger partial charge in [-0.2, -0.15) is 0 Å². The van der Waals surface area contributed by atoms with E-state index in [1.165, 1.54) is 33.3 Å². The SMILES string of the molecule is C1=Cc2c([nH]c3ccc(-c4ccccc4)cc23)CC1. The van der Waals surface area contributed by atoms with Gasteiger partial charge in [-0.15, -0.1) is 0 Å². The maximum absolute atomic E-state index is 3.54. The van der Waals surface area contributed by atoms with Crippen LogP contribution in [-0.4, -0.2) is 4.98 Å². The second-order valence-corrected chi connectivity index (χ2v) is 5.08. The van der Waals surface area contributed by atoms with Gasteiger partial charge in [0.2, 0.25) is 0 Å². The van der Waals surface area contributed by atoms with Crippen LogP contribution in [-0.2, 0) is 6.42 Å². The second-order valence-electron chi connectivity index (χ2n) is 5.08. The van der Waals surface area contributed by atoms with Crippen LogP contribution < -0.4 is 0 Å². The summed E-state index contributed by atoms with van der Waals surface area (Å²) in [7, 11) is 0. The molecule has 19 heavy (non-hydrogen) atoms. The lowest BCUT2D eigenvalue weighted by Gasteiger charge is -2.04. The Balaban J connectivity index is 1.95. The maximum atomic E-state index is 3.54. The van der Waals surface area contributed by atoms with Gasteiger partial charge in [0.25, 0.3) is 0 Å². The molecule has 92 valence electrons. The molecule has 1 nitrogen and oxygen atoms in total. The molecule has 0 radical (unpaired) electrons. The fourth-order valence-electron chi connectivity index (χ4n) is 2.90. The van der Waals surface area contributed by atoms with Crippen molar-refractivity contribution in [3.8, 4) is 11.1 Å². The van der Waals surface area contributed by atoms with E-state index in [1.54, 1.807) is 0 Å². The largest absolute Gasteiger partial charge is 0.358 e. The number of hydrogen-bond acceptors (Lipinski definition) is 0. The highest BCUT2D eigenvalue weighted by Gasteiger charge is 2.12. The molecule has 0 bridgehead atoms. The Morgan fingerprint density at radius 2 is 1.79 bits per heavy atom. The first kappa shape index (κ1) is 10.6. The monoisotopic (exact) mass is 245 g/mol. The number of allylic oxidation sites excluding steroid dienone is 1. The predicted octanol–water partition coefficient (Wildman–Crippen LogP) is 4.79. The van der Waals surface area contributed by atoms with E-state index in [1.807, 2.05) is 0 Å². The van der Waals surface area contributed by atoms with Crippen molar-refractivity contribution in [1.29, 1.82) is 0 Å². The minimum Gasteiger partial charge on any atom is -0.358 e. The molecule has 2 aromatic carbocycles. The molecule has 0 fully saturated rings. The third kappa shape index (κ3) is 1.70. The van der Waals surface area contributed by atoms with Gasteiger partial charge in [0.05, 0.1) is 0 Å². The molecule has 0 aliphatic heterocycles. The molecule has 0 amide bonds. The summed E-state index contributed by atoms with van der Waals surface area (Å²) < 4.78 is 0. The van der Waals surface area contributed by atoms with Crippen molar-refractivity contribution in [2.75, 3.05) is 0 Å². The summed E-state index contributed by atoms with van der Waals surface area (Å²) in [5.41, 5.74) is 6.56. The molecule has 1 N–H and O–H groups in total. The van der Waals surface area contributed by atoms with E-state index in [2.05, 4.69) is 65.7 Å².